The number of ether oxygens (including phenoxy) is 1. The van der Waals surface area contributed by atoms with Crippen LogP contribution >= 0.6 is 0 Å². The van der Waals surface area contributed by atoms with Crippen LogP contribution in [0.2, 0.25) is 0 Å². The van der Waals surface area contributed by atoms with Gasteiger partial charge in [-0.3, -0.25) is 4.99 Å². The van der Waals surface area contributed by atoms with Crippen LogP contribution in [0.5, 0.6) is 5.75 Å². The first-order valence-corrected chi connectivity index (χ1v) is 4.59. The van der Waals surface area contributed by atoms with E-state index in [1.807, 2.05) is 30.3 Å². The SMILES string of the molecule is NC(N)=NCCOc1ccccc1.O=[N+]([O-])O. The Hall–Kier alpha value is -2.51. The fraction of sp³-hybridized carbons (Fsp3) is 0.222. The molecule has 0 saturated carbocycles. The van der Waals surface area contributed by atoms with Gasteiger partial charge in [0.2, 0.25) is 0 Å². The molecule has 0 radical (unpaired) electrons. The Balaban J connectivity index is 0.000000557. The van der Waals surface area contributed by atoms with Crippen LogP contribution in [-0.4, -0.2) is 29.4 Å². The maximum Gasteiger partial charge on any atom is 0.291 e. The van der Waals surface area contributed by atoms with E-state index in [0.717, 1.165) is 5.75 Å². The molecule has 0 amide bonds. The highest BCUT2D eigenvalue weighted by Gasteiger charge is 1.89. The molecule has 0 aliphatic rings. The van der Waals surface area contributed by atoms with E-state index in [1.54, 1.807) is 0 Å². The van der Waals surface area contributed by atoms with Crippen LogP contribution < -0.4 is 16.2 Å². The van der Waals surface area contributed by atoms with Gasteiger partial charge in [0.25, 0.3) is 5.09 Å². The van der Waals surface area contributed by atoms with Crippen LogP contribution in [0.4, 0.5) is 0 Å². The molecule has 8 heteroatoms. The Kier molecular flexibility index (Phi) is 7.48. The first-order valence-electron chi connectivity index (χ1n) is 4.59. The number of rotatable bonds is 4. The molecule has 1 aromatic carbocycles. The average molecular weight is 242 g/mol. The molecule has 1 aromatic rings. The van der Waals surface area contributed by atoms with E-state index in [-0.39, 0.29) is 5.96 Å². The molecule has 0 saturated heterocycles. The summed E-state index contributed by atoms with van der Waals surface area (Å²) in [4.78, 5) is 12.1. The lowest BCUT2D eigenvalue weighted by Gasteiger charge is -2.02. The van der Waals surface area contributed by atoms with Crippen LogP contribution in [0.25, 0.3) is 0 Å². The summed E-state index contributed by atoms with van der Waals surface area (Å²) in [5.74, 6) is 0.921. The molecule has 17 heavy (non-hydrogen) atoms. The fourth-order valence-corrected chi connectivity index (χ4v) is 0.855. The van der Waals surface area contributed by atoms with Crippen LogP contribution in [0.1, 0.15) is 0 Å². The lowest BCUT2D eigenvalue weighted by atomic mass is 10.3. The van der Waals surface area contributed by atoms with E-state index >= 15 is 0 Å². The minimum Gasteiger partial charge on any atom is -0.492 e. The van der Waals surface area contributed by atoms with Crippen LogP contribution in [-0.2, 0) is 0 Å². The smallest absolute Gasteiger partial charge is 0.291 e. The normalized spacial score (nSPS) is 8.47. The van der Waals surface area contributed by atoms with Gasteiger partial charge in [0.05, 0.1) is 6.54 Å². The van der Waals surface area contributed by atoms with Gasteiger partial charge in [0, 0.05) is 0 Å². The number of nitrogens with two attached hydrogens (primary N) is 2. The number of nitrogens with zero attached hydrogens (tertiary/aromatic N) is 2. The molecule has 8 nitrogen and oxygen atoms in total. The van der Waals surface area contributed by atoms with Gasteiger partial charge >= 0.3 is 0 Å². The Morgan fingerprint density at radius 1 is 1.41 bits per heavy atom. The largest absolute Gasteiger partial charge is 0.492 e. The molecule has 0 fully saturated rings. The van der Waals surface area contributed by atoms with Crippen LogP contribution in [0.3, 0.4) is 0 Å². The molecular weight excluding hydrogens is 228 g/mol. The Morgan fingerprint density at radius 2 is 1.94 bits per heavy atom. The van der Waals surface area contributed by atoms with Crippen LogP contribution in [0, 0.1) is 10.1 Å². The van der Waals surface area contributed by atoms with E-state index < -0.39 is 5.09 Å². The van der Waals surface area contributed by atoms with Crippen molar-refractivity contribution in [2.45, 2.75) is 0 Å². The second-order valence-electron chi connectivity index (χ2n) is 2.71. The van der Waals surface area contributed by atoms with E-state index in [0.29, 0.717) is 13.2 Å². The number of hydrogen-bond donors (Lipinski definition) is 3. The van der Waals surface area contributed by atoms with Gasteiger partial charge in [-0.05, 0) is 12.1 Å². The second-order valence-corrected chi connectivity index (χ2v) is 2.71. The van der Waals surface area contributed by atoms with Crippen molar-refractivity contribution in [2.75, 3.05) is 13.2 Å². The molecule has 0 heterocycles. The summed E-state index contributed by atoms with van der Waals surface area (Å²) in [5, 5.41) is 13.6. The van der Waals surface area contributed by atoms with Gasteiger partial charge in [-0.2, -0.15) is 0 Å². The van der Waals surface area contributed by atoms with Gasteiger partial charge in [-0.1, -0.05) is 18.2 Å². The third kappa shape index (κ3) is 11.4. The van der Waals surface area contributed by atoms with E-state index in [4.69, 9.17) is 31.5 Å². The summed E-state index contributed by atoms with van der Waals surface area (Å²) in [5.41, 5.74) is 10.3. The van der Waals surface area contributed by atoms with Crippen molar-refractivity contribution in [3.8, 4) is 5.75 Å². The predicted octanol–water partition coefficient (Wildman–Crippen LogP) is -0.00890. The Labute approximate surface area is 97.6 Å². The van der Waals surface area contributed by atoms with Crippen molar-refractivity contribution in [1.82, 2.24) is 0 Å². The predicted molar refractivity (Wildman–Crippen MR) is 61.4 cm³/mol. The molecule has 94 valence electrons. The Morgan fingerprint density at radius 3 is 2.41 bits per heavy atom. The maximum atomic E-state index is 8.36. The minimum absolute atomic E-state index is 0.0941. The molecular formula is C9H14N4O4. The highest BCUT2D eigenvalue weighted by molar-refractivity contribution is 5.75. The van der Waals surface area contributed by atoms with Crippen molar-refractivity contribution in [1.29, 1.82) is 0 Å². The van der Waals surface area contributed by atoms with Crippen molar-refractivity contribution in [3.63, 3.8) is 0 Å². The van der Waals surface area contributed by atoms with Crippen molar-refractivity contribution in [3.05, 3.63) is 40.4 Å². The number of aliphatic imine (C=N–C) groups is 1. The zero-order valence-corrected chi connectivity index (χ0v) is 9.02. The number of benzene rings is 1. The highest BCUT2D eigenvalue weighted by atomic mass is 16.9. The van der Waals surface area contributed by atoms with Gasteiger partial charge in [-0.25, -0.2) is 0 Å². The van der Waals surface area contributed by atoms with E-state index in [2.05, 4.69) is 4.99 Å². The standard InChI is InChI=1S/C9H13N3O.HNO3/c10-9(11)12-6-7-13-8-4-2-1-3-5-8;2-1(3)4/h1-5H,6-7H2,(H4,10,11,12);(H,2,3,4). The molecule has 0 aliphatic carbocycles. The number of para-hydroxylation sites is 1. The first-order chi connectivity index (χ1) is 8.02. The highest BCUT2D eigenvalue weighted by Crippen LogP contribution is 2.07. The molecule has 0 atom stereocenters. The zero-order chi connectivity index (χ0) is 13.1. The van der Waals surface area contributed by atoms with Gasteiger partial charge < -0.3 is 21.4 Å². The van der Waals surface area contributed by atoms with Gasteiger partial charge in [0.15, 0.2) is 5.96 Å². The molecule has 0 spiro atoms. The molecule has 0 aromatic heterocycles. The summed E-state index contributed by atoms with van der Waals surface area (Å²) in [6, 6.07) is 9.53. The van der Waals surface area contributed by atoms with Crippen molar-refractivity contribution >= 4 is 5.96 Å². The molecule has 1 rings (SSSR count). The third-order valence-corrected chi connectivity index (χ3v) is 1.40. The first kappa shape index (κ1) is 14.5. The molecule has 0 unspecified atom stereocenters. The molecule has 0 bridgehead atoms. The van der Waals surface area contributed by atoms with E-state index in [1.165, 1.54) is 0 Å². The third-order valence-electron chi connectivity index (χ3n) is 1.40. The molecule has 5 N–H and O–H groups in total. The number of guanidine groups is 1. The lowest BCUT2D eigenvalue weighted by molar-refractivity contribution is -0.742. The van der Waals surface area contributed by atoms with Crippen molar-refractivity contribution < 1.29 is 15.0 Å². The minimum atomic E-state index is -1.50. The summed E-state index contributed by atoms with van der Waals surface area (Å²) in [7, 11) is 0. The molecule has 0 aliphatic heterocycles. The van der Waals surface area contributed by atoms with Crippen LogP contribution in [0.15, 0.2) is 35.3 Å². The average Bonchev–Trinajstić information content (AvgIpc) is 2.25. The lowest BCUT2D eigenvalue weighted by Crippen LogP contribution is -2.23. The fourth-order valence-electron chi connectivity index (χ4n) is 0.855. The van der Waals surface area contributed by atoms with Gasteiger partial charge in [0.1, 0.15) is 12.4 Å². The topological polar surface area (TPSA) is 137 Å². The quantitative estimate of drug-likeness (QED) is 0.223. The maximum absolute atomic E-state index is 8.36. The number of hydrogen-bond acceptors (Lipinski definition) is 4. The monoisotopic (exact) mass is 242 g/mol. The summed E-state index contributed by atoms with van der Waals surface area (Å²) >= 11 is 0. The Bertz CT molecular complexity index is 347. The summed E-state index contributed by atoms with van der Waals surface area (Å²) in [6.07, 6.45) is 0. The second kappa shape index (κ2) is 8.77. The zero-order valence-electron chi connectivity index (χ0n) is 9.02. The van der Waals surface area contributed by atoms with Crippen molar-refractivity contribution in [2.24, 2.45) is 16.5 Å². The van der Waals surface area contributed by atoms with E-state index in [9.17, 15) is 0 Å². The summed E-state index contributed by atoms with van der Waals surface area (Å²) in [6.45, 7) is 0.971. The summed E-state index contributed by atoms with van der Waals surface area (Å²) < 4.78 is 5.34. The van der Waals surface area contributed by atoms with Gasteiger partial charge in [-0.15, -0.1) is 10.1 Å².